The Labute approximate surface area is 275 Å². The van der Waals surface area contributed by atoms with Crippen molar-refractivity contribution in [2.24, 2.45) is 0 Å². The number of aromatic nitrogens is 3. The number of hydrogen-bond donors (Lipinski definition) is 2. The van der Waals surface area contributed by atoms with Crippen LogP contribution in [0.25, 0.3) is 32.9 Å². The summed E-state index contributed by atoms with van der Waals surface area (Å²) in [5.74, 6) is -0.905. The lowest BCUT2D eigenvalue weighted by atomic mass is 9.95. The highest BCUT2D eigenvalue weighted by molar-refractivity contribution is 6.03. The van der Waals surface area contributed by atoms with E-state index in [-0.39, 0.29) is 51.6 Å². The Morgan fingerprint density at radius 2 is 1.94 bits per heavy atom. The molecule has 0 radical (unpaired) electrons. The maximum absolute atomic E-state index is 16.9. The van der Waals surface area contributed by atoms with Crippen molar-refractivity contribution >= 4 is 33.4 Å². The van der Waals surface area contributed by atoms with Gasteiger partial charge in [-0.05, 0) is 81.6 Å². The second-order valence-electron chi connectivity index (χ2n) is 12.9. The second kappa shape index (κ2) is 12.6. The summed E-state index contributed by atoms with van der Waals surface area (Å²) in [4.78, 5) is 30.3. The van der Waals surface area contributed by atoms with Gasteiger partial charge in [-0.1, -0.05) is 18.6 Å². The number of terminal acetylenes is 1. The van der Waals surface area contributed by atoms with E-state index in [2.05, 4.69) is 32.7 Å². The highest BCUT2D eigenvalue weighted by Crippen LogP contribution is 2.41. The molecule has 0 unspecified atom stereocenters. The molecule has 12 heteroatoms. The molecule has 0 saturated carbocycles. The van der Waals surface area contributed by atoms with Crippen LogP contribution in [0, 0.1) is 24.0 Å². The number of halogens is 3. The lowest BCUT2D eigenvalue weighted by Gasteiger charge is -2.31. The van der Waals surface area contributed by atoms with Gasteiger partial charge in [0.15, 0.2) is 11.6 Å². The molecule has 2 aromatic heterocycles. The Morgan fingerprint density at radius 1 is 1.15 bits per heavy atom. The van der Waals surface area contributed by atoms with Crippen LogP contribution in [0.5, 0.6) is 11.8 Å². The van der Waals surface area contributed by atoms with Crippen molar-refractivity contribution in [1.29, 1.82) is 0 Å². The van der Waals surface area contributed by atoms with Crippen LogP contribution < -0.4 is 15.0 Å². The quantitative estimate of drug-likeness (QED) is 0.191. The Hall–Kier alpha value is -4.89. The number of ether oxygens (including phenoxy) is 1. The number of carbonyl (C=O) groups excluding carboxylic acids is 1. The number of benzene rings is 2. The number of nitrogens with one attached hydrogen (secondary N) is 1. The van der Waals surface area contributed by atoms with Crippen molar-refractivity contribution in [1.82, 2.24) is 25.2 Å². The van der Waals surface area contributed by atoms with Gasteiger partial charge < -0.3 is 20.1 Å². The van der Waals surface area contributed by atoms with E-state index in [1.165, 1.54) is 30.5 Å². The number of aromatic hydroxyl groups is 1. The summed E-state index contributed by atoms with van der Waals surface area (Å²) in [6, 6.07) is 4.95. The third-order valence-electron chi connectivity index (χ3n) is 9.93. The van der Waals surface area contributed by atoms with E-state index in [1.54, 1.807) is 0 Å². The molecule has 7 rings (SSSR count). The molecule has 0 spiro atoms. The molecule has 9 nitrogen and oxygen atoms in total. The second-order valence-corrected chi connectivity index (χ2v) is 12.9. The summed E-state index contributed by atoms with van der Waals surface area (Å²) in [6.45, 7) is 6.25. The molecule has 3 saturated heterocycles. The van der Waals surface area contributed by atoms with Gasteiger partial charge in [-0.25, -0.2) is 13.2 Å². The van der Waals surface area contributed by atoms with E-state index in [9.17, 15) is 18.7 Å². The smallest absolute Gasteiger partial charge is 0.319 e. The van der Waals surface area contributed by atoms with Crippen molar-refractivity contribution in [3.63, 3.8) is 0 Å². The van der Waals surface area contributed by atoms with Crippen LogP contribution >= 0.6 is 0 Å². The SMILES string of the molecule is C#Cc1c(F)ccc2cc(O)cc(-c3ncc4c(N5CCCC[C@@H](NC(=O)C(=C)F)C5)nc(OCC56CCCN5CCC6)nc4c3F)c12. The highest BCUT2D eigenvalue weighted by atomic mass is 19.1. The minimum absolute atomic E-state index is 0.0141. The number of phenolic OH excluding ortho intramolecular Hbond substituents is 1. The lowest BCUT2D eigenvalue weighted by molar-refractivity contribution is -0.119. The predicted molar refractivity (Wildman–Crippen MR) is 176 cm³/mol. The maximum Gasteiger partial charge on any atom is 0.319 e. The first-order valence-electron chi connectivity index (χ1n) is 16.2. The highest BCUT2D eigenvalue weighted by Gasteiger charge is 2.45. The first-order chi connectivity index (χ1) is 23.2. The Bertz CT molecular complexity index is 1990. The monoisotopic (exact) mass is 656 g/mol. The summed E-state index contributed by atoms with van der Waals surface area (Å²) < 4.78 is 51.6. The van der Waals surface area contributed by atoms with Crippen LogP contribution in [0.2, 0.25) is 0 Å². The molecular weight excluding hydrogens is 621 g/mol. The van der Waals surface area contributed by atoms with Crippen LogP contribution in [0.4, 0.5) is 19.0 Å². The van der Waals surface area contributed by atoms with Crippen LogP contribution in [-0.4, -0.2) is 75.2 Å². The number of carbonyl (C=O) groups is 1. The number of anilines is 1. The molecular formula is C36H35F3N6O3. The largest absolute Gasteiger partial charge is 0.508 e. The fraction of sp³-hybridized carbons (Fsp3) is 0.389. The number of fused-ring (bicyclic) bond motifs is 3. The van der Waals surface area contributed by atoms with Gasteiger partial charge in [0.25, 0.3) is 5.91 Å². The van der Waals surface area contributed by atoms with Crippen LogP contribution in [-0.2, 0) is 4.79 Å². The minimum Gasteiger partial charge on any atom is -0.508 e. The first kappa shape index (κ1) is 31.7. The Morgan fingerprint density at radius 3 is 2.69 bits per heavy atom. The summed E-state index contributed by atoms with van der Waals surface area (Å²) >= 11 is 0. The lowest BCUT2D eigenvalue weighted by Crippen LogP contribution is -2.44. The fourth-order valence-corrected chi connectivity index (χ4v) is 7.64. The molecule has 0 bridgehead atoms. The standard InChI is InChI=1S/C36H35F3N6O3/c1-3-25-28(38)10-9-22-16-24(46)17-26(29(22)25)31-30(39)32-27(18-40-31)33(44-13-5-4-8-23(19-44)41-34(47)21(2)37)43-35(42-32)48-20-36-11-6-14-45(36)15-7-12-36/h1,9-10,16-18,23,46H,2,4-8,11-15,19-20H2,(H,41,47)/t23-/m1/s1. The van der Waals surface area contributed by atoms with Crippen molar-refractivity contribution < 1.29 is 27.8 Å². The number of amides is 1. The molecule has 48 heavy (non-hydrogen) atoms. The zero-order chi connectivity index (χ0) is 33.6. The maximum atomic E-state index is 16.9. The number of pyridine rings is 1. The van der Waals surface area contributed by atoms with Gasteiger partial charge >= 0.3 is 6.01 Å². The van der Waals surface area contributed by atoms with Gasteiger partial charge in [-0.3, -0.25) is 14.7 Å². The molecule has 2 aromatic carbocycles. The van der Waals surface area contributed by atoms with Gasteiger partial charge in [-0.15, -0.1) is 6.42 Å². The third kappa shape index (κ3) is 5.66. The fourth-order valence-electron chi connectivity index (χ4n) is 7.64. The van der Waals surface area contributed by atoms with E-state index in [0.29, 0.717) is 36.2 Å². The molecule has 3 aliphatic rings. The van der Waals surface area contributed by atoms with E-state index in [0.717, 1.165) is 51.6 Å². The van der Waals surface area contributed by atoms with E-state index in [1.807, 2.05) is 4.90 Å². The number of nitrogens with zero attached hydrogens (tertiary/aromatic N) is 5. The molecule has 3 aliphatic heterocycles. The number of phenols is 1. The molecule has 3 fully saturated rings. The van der Waals surface area contributed by atoms with Gasteiger partial charge in [0.2, 0.25) is 0 Å². The van der Waals surface area contributed by atoms with Crippen LogP contribution in [0.15, 0.2) is 42.9 Å². The minimum atomic E-state index is -1.08. The summed E-state index contributed by atoms with van der Waals surface area (Å²) in [5, 5.41) is 14.2. The molecule has 0 aliphatic carbocycles. The van der Waals surface area contributed by atoms with Gasteiger partial charge in [-0.2, -0.15) is 9.97 Å². The van der Waals surface area contributed by atoms with Crippen molar-refractivity contribution in [2.75, 3.05) is 37.7 Å². The first-order valence-corrected chi connectivity index (χ1v) is 16.2. The Kier molecular flexibility index (Phi) is 8.33. The zero-order valence-corrected chi connectivity index (χ0v) is 26.4. The summed E-state index contributed by atoms with van der Waals surface area (Å²) in [6.07, 6.45) is 13.3. The molecule has 5 heterocycles. The molecule has 1 atom stereocenters. The predicted octanol–water partition coefficient (Wildman–Crippen LogP) is 5.78. The summed E-state index contributed by atoms with van der Waals surface area (Å²) in [5.41, 5.74) is -0.357. The average molecular weight is 657 g/mol. The van der Waals surface area contributed by atoms with Crippen LogP contribution in [0.3, 0.4) is 0 Å². The third-order valence-corrected chi connectivity index (χ3v) is 9.93. The van der Waals surface area contributed by atoms with E-state index in [4.69, 9.17) is 16.1 Å². The van der Waals surface area contributed by atoms with Crippen molar-refractivity contribution in [3.05, 3.63) is 60.1 Å². The number of rotatable bonds is 7. The van der Waals surface area contributed by atoms with E-state index >= 15 is 4.39 Å². The topological polar surface area (TPSA) is 104 Å². The van der Waals surface area contributed by atoms with Crippen LogP contribution in [0.1, 0.15) is 50.5 Å². The summed E-state index contributed by atoms with van der Waals surface area (Å²) in [7, 11) is 0. The van der Waals surface area contributed by atoms with Crippen molar-refractivity contribution in [2.45, 2.75) is 56.5 Å². The van der Waals surface area contributed by atoms with Gasteiger partial charge in [0.05, 0.1) is 16.5 Å². The molecule has 4 aromatic rings. The van der Waals surface area contributed by atoms with Gasteiger partial charge in [0.1, 0.15) is 35.2 Å². The number of hydrogen-bond acceptors (Lipinski definition) is 8. The average Bonchev–Trinajstić information content (AvgIpc) is 3.57. The van der Waals surface area contributed by atoms with E-state index < -0.39 is 29.4 Å². The van der Waals surface area contributed by atoms with Gasteiger partial charge in [0, 0.05) is 36.3 Å². The molecule has 2 N–H and O–H groups in total. The normalized spacial score (nSPS) is 19.2. The molecule has 1 amide bonds. The van der Waals surface area contributed by atoms with Crippen molar-refractivity contribution in [3.8, 4) is 35.4 Å². The zero-order valence-electron chi connectivity index (χ0n) is 26.4. The Balaban J connectivity index is 1.36. The molecule has 248 valence electrons.